The van der Waals surface area contributed by atoms with Gasteiger partial charge in [0.05, 0.1) is 5.56 Å². The van der Waals surface area contributed by atoms with Crippen LogP contribution in [0, 0.1) is 5.92 Å². The maximum absolute atomic E-state index is 12.3. The van der Waals surface area contributed by atoms with Crippen molar-refractivity contribution < 1.29 is 4.79 Å². The molecule has 0 atom stereocenters. The number of nitrogens with one attached hydrogen (secondary N) is 1. The minimum absolute atomic E-state index is 0.0581. The molecule has 1 fully saturated rings. The zero-order valence-corrected chi connectivity index (χ0v) is 12.0. The van der Waals surface area contributed by atoms with Crippen molar-refractivity contribution in [2.24, 2.45) is 5.92 Å². The molecule has 0 unspecified atom stereocenters. The lowest BCUT2D eigenvalue weighted by Crippen LogP contribution is -2.28. The lowest BCUT2D eigenvalue weighted by atomic mass is 10.1. The number of aromatic nitrogens is 1. The summed E-state index contributed by atoms with van der Waals surface area (Å²) in [5, 5.41) is 5.15. The molecule has 1 aromatic carbocycles. The van der Waals surface area contributed by atoms with Gasteiger partial charge in [0.2, 0.25) is 0 Å². The molecule has 2 aromatic rings. The third kappa shape index (κ3) is 2.63. The summed E-state index contributed by atoms with van der Waals surface area (Å²) in [6.07, 6.45) is 6.58. The number of amides is 1. The number of rotatable bonds is 3. The number of halogens is 1. The van der Waals surface area contributed by atoms with Gasteiger partial charge < -0.3 is 5.32 Å². The number of pyridine rings is 1. The fraction of sp³-hybridized carbons (Fsp3) is 0.375. The van der Waals surface area contributed by atoms with Crippen LogP contribution in [-0.2, 0) is 0 Å². The lowest BCUT2D eigenvalue weighted by molar-refractivity contribution is 0.0948. The topological polar surface area (TPSA) is 42.0 Å². The summed E-state index contributed by atoms with van der Waals surface area (Å²) >= 11 is 6.07. The summed E-state index contributed by atoms with van der Waals surface area (Å²) in [6, 6.07) is 7.61. The second-order valence-corrected chi connectivity index (χ2v) is 5.73. The normalized spacial score (nSPS) is 15.7. The van der Waals surface area contributed by atoms with Crippen LogP contribution in [0.15, 0.2) is 30.5 Å². The molecule has 0 saturated heterocycles. The molecule has 1 aromatic heterocycles. The van der Waals surface area contributed by atoms with E-state index >= 15 is 0 Å². The van der Waals surface area contributed by atoms with E-state index in [1.807, 2.05) is 24.3 Å². The van der Waals surface area contributed by atoms with E-state index in [0.29, 0.717) is 16.6 Å². The van der Waals surface area contributed by atoms with E-state index in [9.17, 15) is 4.79 Å². The third-order valence-electron chi connectivity index (χ3n) is 4.02. The second kappa shape index (κ2) is 5.80. The van der Waals surface area contributed by atoms with Gasteiger partial charge in [0, 0.05) is 18.1 Å². The Morgan fingerprint density at radius 2 is 1.95 bits per heavy atom. The van der Waals surface area contributed by atoms with Crippen LogP contribution in [0.1, 0.15) is 36.0 Å². The van der Waals surface area contributed by atoms with Crippen LogP contribution in [0.4, 0.5) is 0 Å². The molecule has 104 valence electrons. The van der Waals surface area contributed by atoms with Crippen molar-refractivity contribution in [1.29, 1.82) is 0 Å². The predicted octanol–water partition coefficient (Wildman–Crippen LogP) is 3.81. The summed E-state index contributed by atoms with van der Waals surface area (Å²) in [5.41, 5.74) is 0.600. The molecule has 1 amide bonds. The molecular formula is C16H17ClN2O. The monoisotopic (exact) mass is 288 g/mol. The first-order valence-corrected chi connectivity index (χ1v) is 7.45. The van der Waals surface area contributed by atoms with Gasteiger partial charge in [-0.15, -0.1) is 0 Å². The van der Waals surface area contributed by atoms with Crippen molar-refractivity contribution in [3.05, 3.63) is 41.2 Å². The zero-order chi connectivity index (χ0) is 13.9. The average molecular weight is 289 g/mol. The first-order chi connectivity index (χ1) is 9.75. The molecule has 1 N–H and O–H groups in total. The van der Waals surface area contributed by atoms with E-state index in [-0.39, 0.29) is 5.91 Å². The molecule has 0 bridgehead atoms. The number of carbonyl (C=O) groups is 1. The first kappa shape index (κ1) is 13.4. The SMILES string of the molecule is O=C(NCC1CCCC1)c1cnc(Cl)c2ccccc12. The minimum Gasteiger partial charge on any atom is -0.352 e. The van der Waals surface area contributed by atoms with Gasteiger partial charge in [0.25, 0.3) is 5.91 Å². The van der Waals surface area contributed by atoms with Crippen molar-refractivity contribution in [1.82, 2.24) is 10.3 Å². The largest absolute Gasteiger partial charge is 0.352 e. The van der Waals surface area contributed by atoms with E-state index in [2.05, 4.69) is 10.3 Å². The lowest BCUT2D eigenvalue weighted by Gasteiger charge is -2.12. The third-order valence-corrected chi connectivity index (χ3v) is 4.32. The minimum atomic E-state index is -0.0581. The summed E-state index contributed by atoms with van der Waals surface area (Å²) in [7, 11) is 0. The molecule has 3 nitrogen and oxygen atoms in total. The fourth-order valence-corrected chi connectivity index (χ4v) is 3.10. The highest BCUT2D eigenvalue weighted by molar-refractivity contribution is 6.34. The number of benzene rings is 1. The Morgan fingerprint density at radius 1 is 1.25 bits per heavy atom. The Bertz CT molecular complexity index is 635. The Kier molecular flexibility index (Phi) is 3.88. The van der Waals surface area contributed by atoms with E-state index in [4.69, 9.17) is 11.6 Å². The van der Waals surface area contributed by atoms with Gasteiger partial charge in [0.15, 0.2) is 0 Å². The number of carbonyl (C=O) groups excluding carboxylic acids is 1. The van der Waals surface area contributed by atoms with E-state index in [0.717, 1.165) is 17.3 Å². The Labute approximate surface area is 123 Å². The van der Waals surface area contributed by atoms with Crippen molar-refractivity contribution in [2.75, 3.05) is 6.54 Å². The van der Waals surface area contributed by atoms with Crippen molar-refractivity contribution in [2.45, 2.75) is 25.7 Å². The quantitative estimate of drug-likeness (QED) is 0.873. The molecular weight excluding hydrogens is 272 g/mol. The van der Waals surface area contributed by atoms with Gasteiger partial charge >= 0.3 is 0 Å². The zero-order valence-electron chi connectivity index (χ0n) is 11.2. The van der Waals surface area contributed by atoms with E-state index in [1.165, 1.54) is 25.7 Å². The van der Waals surface area contributed by atoms with Crippen LogP contribution in [0.3, 0.4) is 0 Å². The fourth-order valence-electron chi connectivity index (χ4n) is 2.89. The molecule has 1 aliphatic rings. The van der Waals surface area contributed by atoms with E-state index < -0.39 is 0 Å². The van der Waals surface area contributed by atoms with E-state index in [1.54, 1.807) is 6.20 Å². The summed E-state index contributed by atoms with van der Waals surface area (Å²) in [6.45, 7) is 0.760. The maximum Gasteiger partial charge on any atom is 0.253 e. The molecule has 0 radical (unpaired) electrons. The number of fused-ring (bicyclic) bond motifs is 1. The Morgan fingerprint density at radius 3 is 2.70 bits per heavy atom. The van der Waals surface area contributed by atoms with Gasteiger partial charge in [-0.2, -0.15) is 0 Å². The molecule has 20 heavy (non-hydrogen) atoms. The Balaban J connectivity index is 1.82. The summed E-state index contributed by atoms with van der Waals surface area (Å²) in [4.78, 5) is 16.4. The van der Waals surface area contributed by atoms with Gasteiger partial charge in [-0.3, -0.25) is 4.79 Å². The van der Waals surface area contributed by atoms with Crippen LogP contribution in [0.5, 0.6) is 0 Å². The van der Waals surface area contributed by atoms with Gasteiger partial charge in [-0.05, 0) is 24.1 Å². The van der Waals surface area contributed by atoms with Crippen molar-refractivity contribution in [3.63, 3.8) is 0 Å². The number of nitrogens with zero attached hydrogens (tertiary/aromatic N) is 1. The Hall–Kier alpha value is -1.61. The molecule has 0 spiro atoms. The molecule has 1 saturated carbocycles. The van der Waals surface area contributed by atoms with Gasteiger partial charge in [-0.25, -0.2) is 4.98 Å². The summed E-state index contributed by atoms with van der Waals surface area (Å²) < 4.78 is 0. The van der Waals surface area contributed by atoms with Crippen LogP contribution in [-0.4, -0.2) is 17.4 Å². The highest BCUT2D eigenvalue weighted by Gasteiger charge is 2.17. The average Bonchev–Trinajstić information content (AvgIpc) is 2.99. The van der Waals surface area contributed by atoms with Crippen LogP contribution in [0.25, 0.3) is 10.8 Å². The first-order valence-electron chi connectivity index (χ1n) is 7.07. The number of hydrogen-bond donors (Lipinski definition) is 1. The molecule has 0 aliphatic heterocycles. The van der Waals surface area contributed by atoms with Crippen LogP contribution < -0.4 is 5.32 Å². The standard InChI is InChI=1S/C16H17ClN2O/c17-15-13-8-4-3-7-12(13)14(10-18-15)16(20)19-9-11-5-1-2-6-11/h3-4,7-8,10-11H,1-2,5-6,9H2,(H,19,20). The molecule has 1 aliphatic carbocycles. The van der Waals surface area contributed by atoms with Gasteiger partial charge in [0.1, 0.15) is 5.15 Å². The van der Waals surface area contributed by atoms with Crippen LogP contribution in [0.2, 0.25) is 5.15 Å². The molecule has 1 heterocycles. The molecule has 4 heteroatoms. The highest BCUT2D eigenvalue weighted by Crippen LogP contribution is 2.25. The van der Waals surface area contributed by atoms with Crippen LogP contribution >= 0.6 is 11.6 Å². The predicted molar refractivity (Wildman–Crippen MR) is 81.0 cm³/mol. The maximum atomic E-state index is 12.3. The molecule has 3 rings (SSSR count). The highest BCUT2D eigenvalue weighted by atomic mass is 35.5. The van der Waals surface area contributed by atoms with Crippen molar-refractivity contribution >= 4 is 28.3 Å². The van der Waals surface area contributed by atoms with Crippen molar-refractivity contribution in [3.8, 4) is 0 Å². The smallest absolute Gasteiger partial charge is 0.253 e. The van der Waals surface area contributed by atoms with Gasteiger partial charge in [-0.1, -0.05) is 48.7 Å². The summed E-state index contributed by atoms with van der Waals surface area (Å²) in [5.74, 6) is 0.572. The number of hydrogen-bond acceptors (Lipinski definition) is 2. The second-order valence-electron chi connectivity index (χ2n) is 5.37.